The molecule has 4 nitrogen and oxygen atoms in total. The summed E-state index contributed by atoms with van der Waals surface area (Å²) in [6.07, 6.45) is 3.44. The minimum absolute atomic E-state index is 0.282. The summed E-state index contributed by atoms with van der Waals surface area (Å²) in [5.74, 6) is -0.429. The lowest BCUT2D eigenvalue weighted by Gasteiger charge is -2.21. The SMILES string of the molecule is CCCCc1cc(CC)c(OC(=O)c2ccccc2)c(OC(=O)c2ccccc2)c1-c1ccccc1. The van der Waals surface area contributed by atoms with E-state index in [1.165, 1.54) is 0 Å². The smallest absolute Gasteiger partial charge is 0.343 e. The Hall–Kier alpha value is -4.18. The summed E-state index contributed by atoms with van der Waals surface area (Å²) in [7, 11) is 0. The van der Waals surface area contributed by atoms with Crippen LogP contribution in [0.15, 0.2) is 97.1 Å². The van der Waals surface area contributed by atoms with Crippen LogP contribution in [0.4, 0.5) is 0 Å². The maximum atomic E-state index is 13.3. The largest absolute Gasteiger partial charge is 0.419 e. The lowest BCUT2D eigenvalue weighted by Crippen LogP contribution is -2.15. The number of rotatable bonds is 9. The van der Waals surface area contributed by atoms with Crippen LogP contribution in [0.2, 0.25) is 0 Å². The molecular formula is C32H30O4. The molecule has 4 aromatic rings. The van der Waals surface area contributed by atoms with Crippen LogP contribution >= 0.6 is 0 Å². The third kappa shape index (κ3) is 5.72. The van der Waals surface area contributed by atoms with Gasteiger partial charge in [0.2, 0.25) is 0 Å². The van der Waals surface area contributed by atoms with E-state index in [0.29, 0.717) is 17.5 Å². The van der Waals surface area contributed by atoms with Gasteiger partial charge in [-0.15, -0.1) is 0 Å². The van der Waals surface area contributed by atoms with Crippen molar-refractivity contribution in [2.45, 2.75) is 39.5 Å². The first kappa shape index (κ1) is 24.9. The van der Waals surface area contributed by atoms with E-state index in [0.717, 1.165) is 41.5 Å². The average molecular weight is 479 g/mol. The fraction of sp³-hybridized carbons (Fsp3) is 0.188. The Morgan fingerprint density at radius 1 is 0.639 bits per heavy atom. The summed E-state index contributed by atoms with van der Waals surface area (Å²) in [5.41, 5.74) is 4.42. The Labute approximate surface area is 212 Å². The minimum Gasteiger partial charge on any atom is -0.419 e. The third-order valence-corrected chi connectivity index (χ3v) is 6.05. The molecule has 182 valence electrons. The van der Waals surface area contributed by atoms with Crippen molar-refractivity contribution in [2.75, 3.05) is 0 Å². The molecule has 0 N–H and O–H groups in total. The number of aryl methyl sites for hydroxylation is 2. The molecule has 0 aliphatic carbocycles. The molecule has 0 saturated heterocycles. The Bertz CT molecular complexity index is 1310. The molecule has 0 atom stereocenters. The van der Waals surface area contributed by atoms with E-state index in [1.807, 2.05) is 49.4 Å². The fourth-order valence-corrected chi connectivity index (χ4v) is 4.16. The Balaban J connectivity index is 1.92. The number of benzene rings is 4. The first-order valence-electron chi connectivity index (χ1n) is 12.4. The predicted octanol–water partition coefficient (Wildman–Crippen LogP) is 7.70. The van der Waals surface area contributed by atoms with Gasteiger partial charge in [0.15, 0.2) is 11.5 Å². The molecule has 0 unspecified atom stereocenters. The van der Waals surface area contributed by atoms with Gasteiger partial charge in [-0.05, 0) is 60.2 Å². The van der Waals surface area contributed by atoms with E-state index in [1.54, 1.807) is 48.5 Å². The summed E-state index contributed by atoms with van der Waals surface area (Å²) in [6, 6.07) is 29.6. The molecule has 0 fully saturated rings. The lowest BCUT2D eigenvalue weighted by molar-refractivity contribution is 0.0681. The minimum atomic E-state index is -0.500. The molecule has 0 spiro atoms. The van der Waals surface area contributed by atoms with Crippen molar-refractivity contribution < 1.29 is 19.1 Å². The van der Waals surface area contributed by atoms with E-state index in [2.05, 4.69) is 13.0 Å². The van der Waals surface area contributed by atoms with Crippen LogP contribution in [0, 0.1) is 0 Å². The van der Waals surface area contributed by atoms with Crippen LogP contribution in [0.5, 0.6) is 11.5 Å². The first-order valence-corrected chi connectivity index (χ1v) is 12.4. The number of unbranched alkanes of at least 4 members (excludes halogenated alkanes) is 1. The number of hydrogen-bond donors (Lipinski definition) is 0. The van der Waals surface area contributed by atoms with Gasteiger partial charge >= 0.3 is 11.9 Å². The van der Waals surface area contributed by atoms with E-state index < -0.39 is 11.9 Å². The van der Waals surface area contributed by atoms with Crippen molar-refractivity contribution in [1.82, 2.24) is 0 Å². The predicted molar refractivity (Wildman–Crippen MR) is 143 cm³/mol. The molecule has 4 rings (SSSR count). The maximum absolute atomic E-state index is 13.3. The molecular weight excluding hydrogens is 448 g/mol. The molecule has 0 amide bonds. The zero-order valence-electron chi connectivity index (χ0n) is 20.7. The van der Waals surface area contributed by atoms with E-state index in [4.69, 9.17) is 9.47 Å². The molecule has 0 aromatic heterocycles. The standard InChI is InChI=1S/C32H30O4/c1-3-5-15-27-22-23(4-2)29(35-31(33)25-18-11-7-12-19-25)30(28(27)24-16-9-6-10-17-24)36-32(34)26-20-13-8-14-21-26/h6-14,16-22H,3-5,15H2,1-2H3. The summed E-state index contributed by atoms with van der Waals surface area (Å²) in [4.78, 5) is 26.4. The van der Waals surface area contributed by atoms with Crippen molar-refractivity contribution in [1.29, 1.82) is 0 Å². The zero-order chi connectivity index (χ0) is 25.3. The van der Waals surface area contributed by atoms with Crippen molar-refractivity contribution in [3.05, 3.63) is 119 Å². The zero-order valence-corrected chi connectivity index (χ0v) is 20.7. The number of hydrogen-bond acceptors (Lipinski definition) is 4. The second kappa shape index (κ2) is 12.0. The van der Waals surface area contributed by atoms with Crippen LogP contribution in [-0.2, 0) is 12.8 Å². The molecule has 0 aliphatic heterocycles. The van der Waals surface area contributed by atoms with Gasteiger partial charge in [0.05, 0.1) is 11.1 Å². The van der Waals surface area contributed by atoms with Crippen molar-refractivity contribution >= 4 is 11.9 Å². The lowest BCUT2D eigenvalue weighted by atomic mass is 9.91. The number of carbonyl (C=O) groups is 2. The van der Waals surface area contributed by atoms with Gasteiger partial charge in [-0.1, -0.05) is 93.1 Å². The van der Waals surface area contributed by atoms with E-state index in [-0.39, 0.29) is 11.5 Å². The second-order valence-corrected chi connectivity index (χ2v) is 8.56. The molecule has 0 radical (unpaired) electrons. The van der Waals surface area contributed by atoms with Gasteiger partial charge in [-0.2, -0.15) is 0 Å². The van der Waals surface area contributed by atoms with Crippen molar-refractivity contribution in [3.8, 4) is 22.6 Å². The number of ether oxygens (including phenoxy) is 2. The van der Waals surface area contributed by atoms with Crippen LogP contribution in [0.25, 0.3) is 11.1 Å². The van der Waals surface area contributed by atoms with Crippen molar-refractivity contribution in [3.63, 3.8) is 0 Å². The van der Waals surface area contributed by atoms with Crippen LogP contribution in [0.1, 0.15) is 58.5 Å². The molecule has 4 aromatic carbocycles. The van der Waals surface area contributed by atoms with Gasteiger partial charge in [-0.25, -0.2) is 9.59 Å². The van der Waals surface area contributed by atoms with Gasteiger partial charge in [0.1, 0.15) is 0 Å². The average Bonchev–Trinajstić information content (AvgIpc) is 2.94. The van der Waals surface area contributed by atoms with Gasteiger partial charge in [-0.3, -0.25) is 0 Å². The molecule has 36 heavy (non-hydrogen) atoms. The quantitative estimate of drug-likeness (QED) is 0.183. The van der Waals surface area contributed by atoms with Crippen LogP contribution < -0.4 is 9.47 Å². The topological polar surface area (TPSA) is 52.6 Å². The Morgan fingerprint density at radius 3 is 1.64 bits per heavy atom. The number of esters is 2. The normalized spacial score (nSPS) is 10.6. The van der Waals surface area contributed by atoms with Crippen LogP contribution in [-0.4, -0.2) is 11.9 Å². The molecule has 0 heterocycles. The number of carbonyl (C=O) groups excluding carboxylic acids is 2. The molecule has 0 aliphatic rings. The maximum Gasteiger partial charge on any atom is 0.343 e. The molecule has 4 heteroatoms. The Kier molecular flexibility index (Phi) is 8.30. The summed E-state index contributed by atoms with van der Waals surface area (Å²) >= 11 is 0. The fourth-order valence-electron chi connectivity index (χ4n) is 4.16. The highest BCUT2D eigenvalue weighted by molar-refractivity contribution is 5.95. The first-order chi connectivity index (χ1) is 17.6. The Morgan fingerprint density at radius 2 is 1.14 bits per heavy atom. The highest BCUT2D eigenvalue weighted by Crippen LogP contribution is 2.45. The highest BCUT2D eigenvalue weighted by atomic mass is 16.6. The third-order valence-electron chi connectivity index (χ3n) is 6.05. The molecule has 0 saturated carbocycles. The van der Waals surface area contributed by atoms with Gasteiger partial charge < -0.3 is 9.47 Å². The molecule has 0 bridgehead atoms. The van der Waals surface area contributed by atoms with Crippen molar-refractivity contribution in [2.24, 2.45) is 0 Å². The monoisotopic (exact) mass is 478 g/mol. The van der Waals surface area contributed by atoms with Crippen LogP contribution in [0.3, 0.4) is 0 Å². The van der Waals surface area contributed by atoms with E-state index in [9.17, 15) is 9.59 Å². The highest BCUT2D eigenvalue weighted by Gasteiger charge is 2.26. The van der Waals surface area contributed by atoms with Gasteiger partial charge in [0, 0.05) is 5.56 Å². The second-order valence-electron chi connectivity index (χ2n) is 8.56. The van der Waals surface area contributed by atoms with E-state index >= 15 is 0 Å². The van der Waals surface area contributed by atoms with Gasteiger partial charge in [0.25, 0.3) is 0 Å². The summed E-state index contributed by atoms with van der Waals surface area (Å²) in [5, 5.41) is 0. The summed E-state index contributed by atoms with van der Waals surface area (Å²) in [6.45, 7) is 4.15. The summed E-state index contributed by atoms with van der Waals surface area (Å²) < 4.78 is 12.1.